The summed E-state index contributed by atoms with van der Waals surface area (Å²) in [5.41, 5.74) is -0.210. The minimum atomic E-state index is -4.29. The van der Waals surface area contributed by atoms with Crippen molar-refractivity contribution in [1.82, 2.24) is 0 Å². The second-order valence-corrected chi connectivity index (χ2v) is 3.74. The van der Waals surface area contributed by atoms with Crippen LogP contribution in [0.15, 0.2) is 18.2 Å². The van der Waals surface area contributed by atoms with Gasteiger partial charge in [0.15, 0.2) is 5.78 Å². The number of rotatable bonds is 5. The fourth-order valence-corrected chi connectivity index (χ4v) is 1.43. The minimum absolute atomic E-state index is 0.210. The van der Waals surface area contributed by atoms with Crippen LogP contribution in [0.3, 0.4) is 0 Å². The van der Waals surface area contributed by atoms with Crippen LogP contribution in [0.4, 0.5) is 17.6 Å². The molecule has 2 nitrogen and oxygen atoms in total. The third kappa shape index (κ3) is 4.35. The molecule has 1 rings (SSSR count). The fraction of sp³-hybridized carbons (Fsp3) is 0.417. The molecule has 6 heteroatoms. The van der Waals surface area contributed by atoms with Crippen molar-refractivity contribution in [1.29, 1.82) is 0 Å². The van der Waals surface area contributed by atoms with Gasteiger partial charge in [0.05, 0.1) is 12.7 Å². The van der Waals surface area contributed by atoms with Crippen LogP contribution < -0.4 is 4.74 Å². The van der Waals surface area contributed by atoms with Crippen LogP contribution in [-0.2, 0) is 0 Å². The number of hydrogen-bond acceptors (Lipinski definition) is 2. The van der Waals surface area contributed by atoms with Gasteiger partial charge in [-0.15, -0.1) is 0 Å². The van der Waals surface area contributed by atoms with E-state index < -0.39 is 24.2 Å². The molecule has 1 aromatic rings. The van der Waals surface area contributed by atoms with Gasteiger partial charge in [0.1, 0.15) is 11.6 Å². The molecule has 0 saturated heterocycles. The molecule has 1 aromatic carbocycles. The quantitative estimate of drug-likeness (QED) is 0.598. The van der Waals surface area contributed by atoms with Gasteiger partial charge in [-0.2, -0.15) is 13.2 Å². The number of carbonyl (C=O) groups excluding carboxylic acids is 1. The summed E-state index contributed by atoms with van der Waals surface area (Å²) in [6.45, 7) is 0. The van der Waals surface area contributed by atoms with Gasteiger partial charge in [-0.05, 0) is 18.6 Å². The van der Waals surface area contributed by atoms with Gasteiger partial charge < -0.3 is 4.74 Å². The lowest BCUT2D eigenvalue weighted by atomic mass is 10.0. The number of ketones is 1. The molecule has 0 aliphatic rings. The summed E-state index contributed by atoms with van der Waals surface area (Å²) in [6, 6.07) is 3.63. The van der Waals surface area contributed by atoms with Gasteiger partial charge >= 0.3 is 6.18 Å². The lowest BCUT2D eigenvalue weighted by Gasteiger charge is -2.07. The summed E-state index contributed by atoms with van der Waals surface area (Å²) in [5.74, 6) is -1.18. The van der Waals surface area contributed by atoms with Gasteiger partial charge in [0.2, 0.25) is 0 Å². The van der Waals surface area contributed by atoms with Crippen molar-refractivity contribution in [2.24, 2.45) is 0 Å². The zero-order valence-electron chi connectivity index (χ0n) is 9.68. The molecule has 0 radical (unpaired) electrons. The number of alkyl halides is 3. The summed E-state index contributed by atoms with van der Waals surface area (Å²) < 4.78 is 53.8. The lowest BCUT2D eigenvalue weighted by molar-refractivity contribution is -0.135. The zero-order chi connectivity index (χ0) is 13.8. The Morgan fingerprint density at radius 2 is 2.00 bits per heavy atom. The highest BCUT2D eigenvalue weighted by atomic mass is 19.4. The first kappa shape index (κ1) is 14.5. The van der Waals surface area contributed by atoms with Crippen LogP contribution in [-0.4, -0.2) is 19.1 Å². The average molecular weight is 264 g/mol. The van der Waals surface area contributed by atoms with Crippen LogP contribution in [0.2, 0.25) is 0 Å². The van der Waals surface area contributed by atoms with E-state index >= 15 is 0 Å². The molecule has 0 aliphatic heterocycles. The topological polar surface area (TPSA) is 26.3 Å². The van der Waals surface area contributed by atoms with Gasteiger partial charge in [-0.3, -0.25) is 4.79 Å². The zero-order valence-corrected chi connectivity index (χ0v) is 9.68. The van der Waals surface area contributed by atoms with Gasteiger partial charge in [-0.1, -0.05) is 0 Å². The van der Waals surface area contributed by atoms with Crippen molar-refractivity contribution in [3.05, 3.63) is 29.6 Å². The maximum absolute atomic E-state index is 13.4. The molecule has 18 heavy (non-hydrogen) atoms. The Balaban J connectivity index is 2.62. The second kappa shape index (κ2) is 5.84. The Hall–Kier alpha value is -1.59. The van der Waals surface area contributed by atoms with Crippen LogP contribution in [0.5, 0.6) is 5.75 Å². The second-order valence-electron chi connectivity index (χ2n) is 3.74. The van der Waals surface area contributed by atoms with Crippen molar-refractivity contribution in [3.8, 4) is 5.75 Å². The first-order valence-corrected chi connectivity index (χ1v) is 5.27. The van der Waals surface area contributed by atoms with Crippen LogP contribution in [0.1, 0.15) is 29.6 Å². The smallest absolute Gasteiger partial charge is 0.389 e. The Kier molecular flexibility index (Phi) is 4.69. The number of halogens is 4. The van der Waals surface area contributed by atoms with E-state index in [1.165, 1.54) is 19.2 Å². The van der Waals surface area contributed by atoms with E-state index in [-0.39, 0.29) is 24.2 Å². The number of carbonyl (C=O) groups is 1. The molecule has 0 amide bonds. The van der Waals surface area contributed by atoms with E-state index in [1.807, 2.05) is 0 Å². The van der Waals surface area contributed by atoms with E-state index in [1.54, 1.807) is 0 Å². The SMILES string of the molecule is COc1ccc(C(=O)CCCC(F)(F)F)c(F)c1. The highest BCUT2D eigenvalue weighted by Crippen LogP contribution is 2.24. The molecular formula is C12H12F4O2. The number of benzene rings is 1. The summed E-state index contributed by atoms with van der Waals surface area (Å²) in [4.78, 5) is 11.5. The first-order valence-electron chi connectivity index (χ1n) is 5.27. The van der Waals surface area contributed by atoms with Gasteiger partial charge in [0, 0.05) is 18.9 Å². The fourth-order valence-electron chi connectivity index (χ4n) is 1.43. The van der Waals surface area contributed by atoms with Crippen LogP contribution in [0.25, 0.3) is 0 Å². The maximum atomic E-state index is 13.4. The average Bonchev–Trinajstić information content (AvgIpc) is 2.26. The molecule has 0 saturated carbocycles. The molecule has 100 valence electrons. The number of hydrogen-bond donors (Lipinski definition) is 0. The monoisotopic (exact) mass is 264 g/mol. The van der Waals surface area contributed by atoms with Crippen molar-refractivity contribution >= 4 is 5.78 Å². The largest absolute Gasteiger partial charge is 0.497 e. The summed E-state index contributed by atoms with van der Waals surface area (Å²) in [7, 11) is 1.35. The van der Waals surface area contributed by atoms with E-state index in [9.17, 15) is 22.4 Å². The summed E-state index contributed by atoms with van der Waals surface area (Å²) >= 11 is 0. The Morgan fingerprint density at radius 1 is 1.33 bits per heavy atom. The highest BCUT2D eigenvalue weighted by Gasteiger charge is 2.26. The molecule has 0 bridgehead atoms. The standard InChI is InChI=1S/C12H12F4O2/c1-18-8-4-5-9(10(13)7-8)11(17)3-2-6-12(14,15)16/h4-5,7H,2-3,6H2,1H3. The molecular weight excluding hydrogens is 252 g/mol. The van der Waals surface area contributed by atoms with E-state index in [0.717, 1.165) is 6.07 Å². The predicted molar refractivity (Wildman–Crippen MR) is 57.2 cm³/mol. The molecule has 0 aliphatic carbocycles. The molecule has 0 N–H and O–H groups in total. The van der Waals surface area contributed by atoms with Gasteiger partial charge in [-0.25, -0.2) is 4.39 Å². The first-order chi connectivity index (χ1) is 8.33. The number of ether oxygens (including phenoxy) is 1. The molecule has 0 atom stereocenters. The van der Waals surface area contributed by atoms with Crippen LogP contribution in [0, 0.1) is 5.82 Å². The maximum Gasteiger partial charge on any atom is 0.389 e. The van der Waals surface area contributed by atoms with Gasteiger partial charge in [0.25, 0.3) is 0 Å². The van der Waals surface area contributed by atoms with Crippen molar-refractivity contribution < 1.29 is 27.1 Å². The molecule has 0 unspecified atom stereocenters. The normalized spacial score (nSPS) is 11.4. The summed E-state index contributed by atoms with van der Waals surface area (Å²) in [6.07, 6.45) is -6.01. The van der Waals surface area contributed by atoms with Crippen molar-refractivity contribution in [2.75, 3.05) is 7.11 Å². The van der Waals surface area contributed by atoms with E-state index in [2.05, 4.69) is 0 Å². The predicted octanol–water partition coefficient (Wildman–Crippen LogP) is 3.75. The molecule has 0 spiro atoms. The Labute approximate surface area is 102 Å². The minimum Gasteiger partial charge on any atom is -0.497 e. The number of Topliss-reactive ketones (excluding diaryl/α,β-unsaturated/α-hetero) is 1. The molecule has 0 fully saturated rings. The number of methoxy groups -OCH3 is 1. The van der Waals surface area contributed by atoms with Crippen molar-refractivity contribution in [3.63, 3.8) is 0 Å². The third-order valence-electron chi connectivity index (χ3n) is 2.34. The van der Waals surface area contributed by atoms with E-state index in [0.29, 0.717) is 0 Å². The lowest BCUT2D eigenvalue weighted by Crippen LogP contribution is -2.09. The Morgan fingerprint density at radius 3 is 2.50 bits per heavy atom. The van der Waals surface area contributed by atoms with Crippen LogP contribution >= 0.6 is 0 Å². The molecule has 0 aromatic heterocycles. The van der Waals surface area contributed by atoms with Crippen molar-refractivity contribution in [2.45, 2.75) is 25.4 Å². The van der Waals surface area contributed by atoms with E-state index in [4.69, 9.17) is 4.74 Å². The highest BCUT2D eigenvalue weighted by molar-refractivity contribution is 5.96. The molecule has 0 heterocycles. The third-order valence-corrected chi connectivity index (χ3v) is 2.34. The Bertz CT molecular complexity index is 427. The summed E-state index contributed by atoms with van der Waals surface area (Å²) in [5, 5.41) is 0.